The van der Waals surface area contributed by atoms with Gasteiger partial charge in [-0.15, -0.1) is 0 Å². The van der Waals surface area contributed by atoms with Crippen molar-refractivity contribution in [2.45, 2.75) is 17.1 Å². The summed E-state index contributed by atoms with van der Waals surface area (Å²) >= 11 is 0. The predicted molar refractivity (Wildman–Crippen MR) is 102 cm³/mol. The van der Waals surface area contributed by atoms with E-state index >= 15 is 0 Å². The van der Waals surface area contributed by atoms with Gasteiger partial charge in [0.05, 0.1) is 29.8 Å². The molecule has 30 heavy (non-hydrogen) atoms. The lowest BCUT2D eigenvalue weighted by molar-refractivity contribution is -0.137. The SMILES string of the molecule is COCC1CN(S(=O)(=O)c2cccnc2)CCN1c1ccc(C#N)c(C(F)(F)F)c1. The number of halogens is 3. The second-order valence-electron chi connectivity index (χ2n) is 6.69. The number of alkyl halides is 3. The molecule has 160 valence electrons. The van der Waals surface area contributed by atoms with Crippen LogP contribution in [0, 0.1) is 11.3 Å². The van der Waals surface area contributed by atoms with Gasteiger partial charge in [-0.1, -0.05) is 0 Å². The predicted octanol–water partition coefficient (Wildman–Crippen LogP) is 2.50. The molecule has 1 unspecified atom stereocenters. The molecule has 0 spiro atoms. The Kier molecular flexibility index (Phi) is 6.30. The summed E-state index contributed by atoms with van der Waals surface area (Å²) in [5.41, 5.74) is -1.24. The van der Waals surface area contributed by atoms with Crippen LogP contribution in [-0.2, 0) is 20.9 Å². The quantitative estimate of drug-likeness (QED) is 0.710. The zero-order chi connectivity index (χ0) is 21.9. The molecule has 11 heteroatoms. The van der Waals surface area contributed by atoms with Crippen molar-refractivity contribution in [2.75, 3.05) is 38.3 Å². The molecule has 1 fully saturated rings. The first-order valence-corrected chi connectivity index (χ1v) is 10.4. The highest BCUT2D eigenvalue weighted by Crippen LogP contribution is 2.35. The van der Waals surface area contributed by atoms with Crippen molar-refractivity contribution in [2.24, 2.45) is 0 Å². The minimum Gasteiger partial charge on any atom is -0.383 e. The van der Waals surface area contributed by atoms with E-state index < -0.39 is 33.4 Å². The third kappa shape index (κ3) is 4.40. The number of piperazine rings is 1. The zero-order valence-electron chi connectivity index (χ0n) is 16.0. The van der Waals surface area contributed by atoms with Crippen LogP contribution < -0.4 is 4.90 Å². The van der Waals surface area contributed by atoms with Gasteiger partial charge in [0.1, 0.15) is 4.90 Å². The smallest absolute Gasteiger partial charge is 0.383 e. The molecule has 0 bridgehead atoms. The first kappa shape index (κ1) is 22.0. The molecule has 1 aromatic carbocycles. The molecule has 0 radical (unpaired) electrons. The van der Waals surface area contributed by atoms with E-state index in [4.69, 9.17) is 10.00 Å². The van der Waals surface area contributed by atoms with E-state index in [9.17, 15) is 21.6 Å². The number of nitriles is 1. The van der Waals surface area contributed by atoms with Crippen LogP contribution in [0.4, 0.5) is 18.9 Å². The summed E-state index contributed by atoms with van der Waals surface area (Å²) in [6, 6.07) is 7.49. The molecule has 0 amide bonds. The van der Waals surface area contributed by atoms with Gasteiger partial charge in [-0.3, -0.25) is 4.98 Å². The third-order valence-corrected chi connectivity index (χ3v) is 6.69. The lowest BCUT2D eigenvalue weighted by atomic mass is 10.0. The Morgan fingerprint density at radius 2 is 2.07 bits per heavy atom. The fourth-order valence-electron chi connectivity index (χ4n) is 3.41. The van der Waals surface area contributed by atoms with Gasteiger partial charge in [-0.25, -0.2) is 8.42 Å². The van der Waals surface area contributed by atoms with Crippen LogP contribution in [0.1, 0.15) is 11.1 Å². The Morgan fingerprint density at radius 3 is 2.67 bits per heavy atom. The Labute approximate surface area is 172 Å². The van der Waals surface area contributed by atoms with Gasteiger partial charge < -0.3 is 9.64 Å². The molecule has 0 N–H and O–H groups in total. The summed E-state index contributed by atoms with van der Waals surface area (Å²) in [5.74, 6) is 0. The molecular weight excluding hydrogens is 421 g/mol. The van der Waals surface area contributed by atoms with Gasteiger partial charge >= 0.3 is 6.18 Å². The number of benzene rings is 1. The van der Waals surface area contributed by atoms with E-state index in [0.29, 0.717) is 0 Å². The number of pyridine rings is 1. The largest absolute Gasteiger partial charge is 0.417 e. The van der Waals surface area contributed by atoms with Crippen molar-refractivity contribution in [3.63, 3.8) is 0 Å². The van der Waals surface area contributed by atoms with E-state index in [1.54, 1.807) is 11.0 Å². The fraction of sp³-hybridized carbons (Fsp3) is 0.368. The molecule has 7 nitrogen and oxygen atoms in total. The standard InChI is InChI=1S/C19H19F3N4O3S/c1-29-13-16-12-25(30(27,28)17-3-2-6-24-11-17)7-8-26(16)15-5-4-14(10-23)18(9-15)19(20,21)22/h2-6,9,11,16H,7-8,12-13H2,1H3. The van der Waals surface area contributed by atoms with Crippen molar-refractivity contribution in [3.8, 4) is 6.07 Å². The van der Waals surface area contributed by atoms with Crippen molar-refractivity contribution in [1.82, 2.24) is 9.29 Å². The first-order chi connectivity index (χ1) is 14.2. The Balaban J connectivity index is 1.91. The monoisotopic (exact) mass is 440 g/mol. The maximum absolute atomic E-state index is 13.3. The number of aromatic nitrogens is 1. The molecule has 1 saturated heterocycles. The Hall–Kier alpha value is -2.68. The van der Waals surface area contributed by atoms with Gasteiger partial charge in [0.15, 0.2) is 0 Å². The summed E-state index contributed by atoms with van der Waals surface area (Å²) in [6.45, 7) is 0.391. The average molecular weight is 440 g/mol. The second-order valence-corrected chi connectivity index (χ2v) is 8.63. The summed E-state index contributed by atoms with van der Waals surface area (Å²) in [5, 5.41) is 8.99. The van der Waals surface area contributed by atoms with Crippen LogP contribution in [0.5, 0.6) is 0 Å². The van der Waals surface area contributed by atoms with Crippen LogP contribution in [0.3, 0.4) is 0 Å². The minimum absolute atomic E-state index is 0.0341. The van der Waals surface area contributed by atoms with E-state index in [-0.39, 0.29) is 36.8 Å². The van der Waals surface area contributed by atoms with Crippen LogP contribution in [0.2, 0.25) is 0 Å². The van der Waals surface area contributed by atoms with Crippen molar-refractivity contribution in [1.29, 1.82) is 5.26 Å². The van der Waals surface area contributed by atoms with E-state index in [1.165, 1.54) is 42.0 Å². The molecule has 1 aliphatic rings. The minimum atomic E-state index is -4.68. The number of nitrogens with zero attached hydrogens (tertiary/aromatic N) is 4. The number of rotatable bonds is 5. The fourth-order valence-corrected chi connectivity index (χ4v) is 4.84. The normalized spacial score (nSPS) is 18.2. The van der Waals surface area contributed by atoms with Crippen molar-refractivity contribution < 1.29 is 26.3 Å². The number of methoxy groups -OCH3 is 1. The molecule has 1 aromatic heterocycles. The molecule has 3 rings (SSSR count). The summed E-state index contributed by atoms with van der Waals surface area (Å²) in [6.07, 6.45) is -1.96. The highest BCUT2D eigenvalue weighted by Gasteiger charge is 2.37. The number of ether oxygens (including phenoxy) is 1. The highest BCUT2D eigenvalue weighted by molar-refractivity contribution is 7.89. The number of hydrogen-bond donors (Lipinski definition) is 0. The Morgan fingerprint density at radius 1 is 1.30 bits per heavy atom. The van der Waals surface area contributed by atoms with Gasteiger partial charge in [0.2, 0.25) is 10.0 Å². The van der Waals surface area contributed by atoms with Gasteiger partial charge in [-0.05, 0) is 30.3 Å². The van der Waals surface area contributed by atoms with Crippen LogP contribution in [-0.4, -0.2) is 57.1 Å². The Bertz CT molecular complexity index is 1040. The summed E-state index contributed by atoms with van der Waals surface area (Å²) in [7, 11) is -2.36. The number of sulfonamides is 1. The molecular formula is C19H19F3N4O3S. The van der Waals surface area contributed by atoms with Crippen LogP contribution in [0.15, 0.2) is 47.6 Å². The van der Waals surface area contributed by atoms with Gasteiger partial charge in [-0.2, -0.15) is 22.7 Å². The molecule has 1 atom stereocenters. The van der Waals surface area contributed by atoms with Crippen LogP contribution >= 0.6 is 0 Å². The van der Waals surface area contributed by atoms with Crippen LogP contribution in [0.25, 0.3) is 0 Å². The average Bonchev–Trinajstić information content (AvgIpc) is 2.73. The van der Waals surface area contributed by atoms with E-state index in [1.807, 2.05) is 0 Å². The maximum Gasteiger partial charge on any atom is 0.417 e. The number of anilines is 1. The molecule has 0 saturated carbocycles. The lowest BCUT2D eigenvalue weighted by Gasteiger charge is -2.42. The van der Waals surface area contributed by atoms with Crippen molar-refractivity contribution >= 4 is 15.7 Å². The van der Waals surface area contributed by atoms with E-state index in [0.717, 1.165) is 12.1 Å². The topological polar surface area (TPSA) is 86.5 Å². The highest BCUT2D eigenvalue weighted by atomic mass is 32.2. The lowest BCUT2D eigenvalue weighted by Crippen LogP contribution is -2.56. The first-order valence-electron chi connectivity index (χ1n) is 8.95. The summed E-state index contributed by atoms with van der Waals surface area (Å²) in [4.78, 5) is 5.56. The maximum atomic E-state index is 13.3. The second kappa shape index (κ2) is 8.59. The van der Waals surface area contributed by atoms with E-state index in [2.05, 4.69) is 4.98 Å². The van der Waals surface area contributed by atoms with Gasteiger partial charge in [0.25, 0.3) is 0 Å². The zero-order valence-corrected chi connectivity index (χ0v) is 16.8. The van der Waals surface area contributed by atoms with Crippen molar-refractivity contribution in [3.05, 3.63) is 53.9 Å². The number of hydrogen-bond acceptors (Lipinski definition) is 6. The molecule has 1 aliphatic heterocycles. The third-order valence-electron chi connectivity index (χ3n) is 4.84. The van der Waals surface area contributed by atoms with Gasteiger partial charge in [0, 0.05) is 44.8 Å². The molecule has 2 aromatic rings. The molecule has 0 aliphatic carbocycles. The summed E-state index contributed by atoms with van der Waals surface area (Å²) < 4.78 is 72.3. The molecule has 2 heterocycles.